The average Bonchev–Trinajstić information content (AvgIpc) is 2.96. The lowest BCUT2D eigenvalue weighted by Gasteiger charge is -2.14. The zero-order valence-corrected chi connectivity index (χ0v) is 12.3. The van der Waals surface area contributed by atoms with Crippen LogP contribution in [0.2, 0.25) is 0 Å². The monoisotopic (exact) mass is 291 g/mol. The molecule has 0 bridgehead atoms. The molecule has 0 aliphatic carbocycles. The largest absolute Gasteiger partial charge is 0.352 e. The molecule has 1 fully saturated rings. The molecule has 6 nitrogen and oxygen atoms in total. The van der Waals surface area contributed by atoms with Gasteiger partial charge in [0.2, 0.25) is 0 Å². The molecular weight excluding hydrogens is 270 g/mol. The number of nitrogens with zero attached hydrogens (tertiary/aromatic N) is 2. The van der Waals surface area contributed by atoms with E-state index in [2.05, 4.69) is 10.2 Å². The summed E-state index contributed by atoms with van der Waals surface area (Å²) in [5.74, 6) is -0.250. The van der Waals surface area contributed by atoms with Gasteiger partial charge in [0.1, 0.15) is 0 Å². The lowest BCUT2D eigenvalue weighted by Crippen LogP contribution is -2.28. The van der Waals surface area contributed by atoms with Crippen molar-refractivity contribution >= 4 is 11.6 Å². The molecular formula is C15H21N3O3. The Hall–Kier alpha value is -1.95. The van der Waals surface area contributed by atoms with E-state index in [1.54, 1.807) is 19.1 Å². The fourth-order valence-corrected chi connectivity index (χ4v) is 2.56. The molecule has 0 spiro atoms. The lowest BCUT2D eigenvalue weighted by molar-refractivity contribution is -0.385. The highest BCUT2D eigenvalue weighted by Crippen LogP contribution is 2.19. The molecule has 6 heteroatoms. The van der Waals surface area contributed by atoms with Crippen molar-refractivity contribution in [3.8, 4) is 0 Å². The Kier molecular flexibility index (Phi) is 5.27. The van der Waals surface area contributed by atoms with Crippen LogP contribution in [0.4, 0.5) is 5.69 Å². The molecule has 1 aromatic rings. The number of amides is 1. The van der Waals surface area contributed by atoms with Crippen LogP contribution in [0.25, 0.3) is 0 Å². The fourth-order valence-electron chi connectivity index (χ4n) is 2.56. The average molecular weight is 291 g/mol. The summed E-state index contributed by atoms with van der Waals surface area (Å²) in [7, 11) is 0. The predicted molar refractivity (Wildman–Crippen MR) is 80.5 cm³/mol. The van der Waals surface area contributed by atoms with Crippen LogP contribution in [-0.2, 0) is 0 Å². The molecule has 1 heterocycles. The van der Waals surface area contributed by atoms with E-state index < -0.39 is 4.92 Å². The number of hydrogen-bond donors (Lipinski definition) is 1. The topological polar surface area (TPSA) is 75.5 Å². The third-order valence-electron chi connectivity index (χ3n) is 3.80. The molecule has 2 rings (SSSR count). The van der Waals surface area contributed by atoms with Gasteiger partial charge in [-0.1, -0.05) is 6.07 Å². The predicted octanol–water partition coefficient (Wildman–Crippen LogP) is 2.12. The highest BCUT2D eigenvalue weighted by molar-refractivity contribution is 5.94. The quantitative estimate of drug-likeness (QED) is 0.495. The molecule has 0 radical (unpaired) electrons. The van der Waals surface area contributed by atoms with Gasteiger partial charge in [0.05, 0.1) is 4.92 Å². The normalized spacial score (nSPS) is 15.1. The summed E-state index contributed by atoms with van der Waals surface area (Å²) in [5.41, 5.74) is 0.888. The molecule has 1 saturated heterocycles. The molecule has 0 saturated carbocycles. The third-order valence-corrected chi connectivity index (χ3v) is 3.80. The Labute approximate surface area is 124 Å². The van der Waals surface area contributed by atoms with E-state index in [0.29, 0.717) is 17.7 Å². The molecule has 1 aromatic carbocycles. The van der Waals surface area contributed by atoms with E-state index in [1.807, 2.05) is 0 Å². The summed E-state index contributed by atoms with van der Waals surface area (Å²) in [6.07, 6.45) is 3.43. The smallest absolute Gasteiger partial charge is 0.273 e. The van der Waals surface area contributed by atoms with Gasteiger partial charge in [-0.25, -0.2) is 0 Å². The van der Waals surface area contributed by atoms with Gasteiger partial charge in [0.25, 0.3) is 11.6 Å². The summed E-state index contributed by atoms with van der Waals surface area (Å²) in [6, 6.07) is 4.57. The summed E-state index contributed by atoms with van der Waals surface area (Å²) >= 11 is 0. The minimum absolute atomic E-state index is 0.0142. The summed E-state index contributed by atoms with van der Waals surface area (Å²) in [5, 5.41) is 13.7. The van der Waals surface area contributed by atoms with Crippen LogP contribution in [0.1, 0.15) is 35.2 Å². The van der Waals surface area contributed by atoms with Gasteiger partial charge in [0.15, 0.2) is 0 Å². The first-order valence-corrected chi connectivity index (χ1v) is 7.33. The molecule has 0 unspecified atom stereocenters. The third kappa shape index (κ3) is 4.26. The number of hydrogen-bond acceptors (Lipinski definition) is 4. The second-order valence-corrected chi connectivity index (χ2v) is 5.42. The molecule has 0 atom stereocenters. The van der Waals surface area contributed by atoms with E-state index >= 15 is 0 Å². The van der Waals surface area contributed by atoms with Gasteiger partial charge in [-0.15, -0.1) is 0 Å². The minimum Gasteiger partial charge on any atom is -0.352 e. The number of nitro groups is 1. The van der Waals surface area contributed by atoms with Crippen LogP contribution >= 0.6 is 0 Å². The van der Waals surface area contributed by atoms with Gasteiger partial charge in [-0.05, 0) is 51.9 Å². The Balaban J connectivity index is 1.82. The molecule has 1 N–H and O–H groups in total. The summed E-state index contributed by atoms with van der Waals surface area (Å²) < 4.78 is 0. The van der Waals surface area contributed by atoms with Crippen LogP contribution in [0.3, 0.4) is 0 Å². The molecule has 0 aromatic heterocycles. The van der Waals surface area contributed by atoms with Crippen molar-refractivity contribution in [2.75, 3.05) is 26.2 Å². The molecule has 114 valence electrons. The van der Waals surface area contributed by atoms with Crippen molar-refractivity contribution in [1.82, 2.24) is 10.2 Å². The van der Waals surface area contributed by atoms with E-state index in [1.165, 1.54) is 18.9 Å². The number of likely N-dealkylation sites (tertiary alicyclic amines) is 1. The van der Waals surface area contributed by atoms with Crippen LogP contribution in [0.5, 0.6) is 0 Å². The van der Waals surface area contributed by atoms with Gasteiger partial charge >= 0.3 is 0 Å². The van der Waals surface area contributed by atoms with Crippen LogP contribution < -0.4 is 5.32 Å². The number of carbonyl (C=O) groups excluding carboxylic acids is 1. The maximum absolute atomic E-state index is 12.0. The maximum atomic E-state index is 12.0. The number of aryl methyl sites for hydroxylation is 1. The highest BCUT2D eigenvalue weighted by atomic mass is 16.6. The number of benzene rings is 1. The van der Waals surface area contributed by atoms with Gasteiger partial charge in [-0.2, -0.15) is 0 Å². The number of carbonyl (C=O) groups is 1. The number of nitrogens with one attached hydrogen (secondary N) is 1. The maximum Gasteiger partial charge on any atom is 0.273 e. The van der Waals surface area contributed by atoms with Crippen molar-refractivity contribution in [3.63, 3.8) is 0 Å². The van der Waals surface area contributed by atoms with E-state index in [9.17, 15) is 14.9 Å². The van der Waals surface area contributed by atoms with Crippen molar-refractivity contribution < 1.29 is 9.72 Å². The zero-order valence-electron chi connectivity index (χ0n) is 12.3. The van der Waals surface area contributed by atoms with Gasteiger partial charge in [-0.3, -0.25) is 14.9 Å². The zero-order chi connectivity index (χ0) is 15.2. The highest BCUT2D eigenvalue weighted by Gasteiger charge is 2.15. The Morgan fingerprint density at radius 2 is 2.10 bits per heavy atom. The minimum atomic E-state index is -0.459. The first-order valence-electron chi connectivity index (χ1n) is 7.33. The second-order valence-electron chi connectivity index (χ2n) is 5.42. The number of rotatable bonds is 6. The Morgan fingerprint density at radius 3 is 2.76 bits per heavy atom. The molecule has 1 amide bonds. The molecule has 1 aliphatic rings. The molecule has 1 aliphatic heterocycles. The van der Waals surface area contributed by atoms with Crippen molar-refractivity contribution in [1.29, 1.82) is 0 Å². The van der Waals surface area contributed by atoms with Crippen LogP contribution in [0, 0.1) is 17.0 Å². The number of nitro benzene ring substituents is 1. The lowest BCUT2D eigenvalue weighted by atomic mass is 10.1. The first-order chi connectivity index (χ1) is 10.1. The summed E-state index contributed by atoms with van der Waals surface area (Å²) in [4.78, 5) is 24.8. The Morgan fingerprint density at radius 1 is 1.38 bits per heavy atom. The van der Waals surface area contributed by atoms with Crippen molar-refractivity contribution in [2.45, 2.75) is 26.2 Å². The standard InChI is InChI=1S/C15H21N3O3/c1-12-5-6-13(11-14(12)18(20)21)15(19)16-7-4-10-17-8-2-3-9-17/h5-6,11H,2-4,7-10H2,1H3,(H,16,19). The first kappa shape index (κ1) is 15.4. The molecule has 21 heavy (non-hydrogen) atoms. The van der Waals surface area contributed by atoms with Crippen LogP contribution in [-0.4, -0.2) is 41.9 Å². The SMILES string of the molecule is Cc1ccc(C(=O)NCCCN2CCCC2)cc1[N+](=O)[O-]. The van der Waals surface area contributed by atoms with E-state index in [0.717, 1.165) is 26.1 Å². The Bertz CT molecular complexity index is 525. The van der Waals surface area contributed by atoms with Crippen molar-refractivity contribution in [2.24, 2.45) is 0 Å². The van der Waals surface area contributed by atoms with E-state index in [-0.39, 0.29) is 11.6 Å². The van der Waals surface area contributed by atoms with Crippen LogP contribution in [0.15, 0.2) is 18.2 Å². The second kappa shape index (κ2) is 7.17. The van der Waals surface area contributed by atoms with Crippen molar-refractivity contribution in [3.05, 3.63) is 39.4 Å². The summed E-state index contributed by atoms with van der Waals surface area (Å²) in [6.45, 7) is 5.55. The van der Waals surface area contributed by atoms with Gasteiger partial charge in [0, 0.05) is 23.7 Å². The van der Waals surface area contributed by atoms with E-state index in [4.69, 9.17) is 0 Å². The van der Waals surface area contributed by atoms with Gasteiger partial charge < -0.3 is 10.2 Å². The fraction of sp³-hybridized carbons (Fsp3) is 0.533.